The second-order valence-corrected chi connectivity index (χ2v) is 9.50. The van der Waals surface area contributed by atoms with E-state index in [1.54, 1.807) is 48.5 Å². The average molecular weight is 521 g/mol. The normalized spacial score (nSPS) is 23.0. The first-order valence-electron chi connectivity index (χ1n) is 13.1. The SMILES string of the molecule is CCOc1ccc(N2C(=O)C[C@H](N3CCN([C@H]4CC(=O)N(c5ccc(OCC)cc5)C4=O)CC3)C2=O)cc1. The van der Waals surface area contributed by atoms with Crippen LogP contribution in [0.2, 0.25) is 0 Å². The Labute approximate surface area is 221 Å². The fraction of sp³-hybridized carbons (Fsp3) is 0.429. The molecule has 2 atom stereocenters. The predicted molar refractivity (Wildman–Crippen MR) is 140 cm³/mol. The maximum Gasteiger partial charge on any atom is 0.251 e. The van der Waals surface area contributed by atoms with E-state index in [1.165, 1.54) is 9.80 Å². The van der Waals surface area contributed by atoms with Crippen molar-refractivity contribution in [2.45, 2.75) is 38.8 Å². The van der Waals surface area contributed by atoms with Gasteiger partial charge in [-0.15, -0.1) is 0 Å². The van der Waals surface area contributed by atoms with Crippen molar-refractivity contribution in [3.8, 4) is 11.5 Å². The second kappa shape index (κ2) is 10.9. The lowest BCUT2D eigenvalue weighted by atomic mass is 10.1. The highest BCUT2D eigenvalue weighted by Crippen LogP contribution is 2.30. The smallest absolute Gasteiger partial charge is 0.251 e. The number of ether oxygens (including phenoxy) is 2. The van der Waals surface area contributed by atoms with Crippen molar-refractivity contribution >= 4 is 35.0 Å². The van der Waals surface area contributed by atoms with Crippen molar-refractivity contribution in [3.63, 3.8) is 0 Å². The Kier molecular flexibility index (Phi) is 7.44. The highest BCUT2D eigenvalue weighted by Gasteiger charge is 2.46. The van der Waals surface area contributed by atoms with Gasteiger partial charge in [0.1, 0.15) is 11.5 Å². The summed E-state index contributed by atoms with van der Waals surface area (Å²) in [6.45, 7) is 6.98. The summed E-state index contributed by atoms with van der Waals surface area (Å²) in [4.78, 5) is 58.5. The molecular weight excluding hydrogens is 488 g/mol. The van der Waals surface area contributed by atoms with E-state index in [2.05, 4.69) is 0 Å². The number of imide groups is 2. The highest BCUT2D eigenvalue weighted by molar-refractivity contribution is 6.23. The third-order valence-corrected chi connectivity index (χ3v) is 7.29. The molecule has 10 heteroatoms. The summed E-state index contributed by atoms with van der Waals surface area (Å²) in [5, 5.41) is 0. The fourth-order valence-corrected chi connectivity index (χ4v) is 5.42. The van der Waals surface area contributed by atoms with Crippen molar-refractivity contribution in [2.24, 2.45) is 0 Å². The molecule has 0 saturated carbocycles. The third-order valence-electron chi connectivity index (χ3n) is 7.29. The summed E-state index contributed by atoms with van der Waals surface area (Å²) in [5.74, 6) is 0.444. The number of hydrogen-bond acceptors (Lipinski definition) is 8. The van der Waals surface area contributed by atoms with Crippen molar-refractivity contribution in [2.75, 3.05) is 49.2 Å². The number of hydrogen-bond donors (Lipinski definition) is 0. The van der Waals surface area contributed by atoms with Crippen molar-refractivity contribution < 1.29 is 28.7 Å². The number of anilines is 2. The molecule has 0 radical (unpaired) electrons. The van der Waals surface area contributed by atoms with Crippen LogP contribution < -0.4 is 19.3 Å². The Morgan fingerprint density at radius 2 is 0.947 bits per heavy atom. The maximum absolute atomic E-state index is 13.2. The van der Waals surface area contributed by atoms with Crippen LogP contribution in [0.1, 0.15) is 26.7 Å². The molecule has 3 aliphatic heterocycles. The van der Waals surface area contributed by atoms with Crippen LogP contribution in [0.25, 0.3) is 0 Å². The predicted octanol–water partition coefficient (Wildman–Crippen LogP) is 2.07. The van der Waals surface area contributed by atoms with Crippen LogP contribution in [0.3, 0.4) is 0 Å². The van der Waals surface area contributed by atoms with E-state index in [-0.39, 0.29) is 36.5 Å². The van der Waals surface area contributed by atoms with Crippen LogP contribution in [-0.4, -0.2) is 84.9 Å². The summed E-state index contributed by atoms with van der Waals surface area (Å²) in [5.41, 5.74) is 1.07. The summed E-state index contributed by atoms with van der Waals surface area (Å²) in [6.07, 6.45) is 0.247. The molecule has 0 N–H and O–H groups in total. The molecule has 4 amide bonds. The molecule has 38 heavy (non-hydrogen) atoms. The minimum Gasteiger partial charge on any atom is -0.494 e. The standard InChI is InChI=1S/C28H32N4O6/c1-3-37-21-9-5-19(6-10-21)31-25(33)17-23(27(31)35)29-13-15-30(16-14-29)24-18-26(34)32(28(24)36)20-7-11-22(12-8-20)38-4-2/h5-12,23-24H,3-4,13-18H2,1-2H3/t23-,24-/m0/s1. The number of nitrogens with zero attached hydrogens (tertiary/aromatic N) is 4. The molecule has 10 nitrogen and oxygen atoms in total. The topological polar surface area (TPSA) is 99.7 Å². The van der Waals surface area contributed by atoms with E-state index in [9.17, 15) is 19.2 Å². The van der Waals surface area contributed by atoms with Gasteiger partial charge in [0.25, 0.3) is 11.8 Å². The fourth-order valence-electron chi connectivity index (χ4n) is 5.42. The number of piperazine rings is 1. The van der Waals surface area contributed by atoms with E-state index in [4.69, 9.17) is 9.47 Å². The molecule has 0 unspecified atom stereocenters. The first kappa shape index (κ1) is 25.9. The number of rotatable bonds is 8. The van der Waals surface area contributed by atoms with Gasteiger partial charge in [-0.25, -0.2) is 9.80 Å². The van der Waals surface area contributed by atoms with Crippen molar-refractivity contribution in [3.05, 3.63) is 48.5 Å². The Morgan fingerprint density at radius 3 is 1.26 bits per heavy atom. The number of carbonyl (C=O) groups excluding carboxylic acids is 4. The zero-order valence-corrected chi connectivity index (χ0v) is 21.7. The maximum atomic E-state index is 13.2. The molecule has 0 aromatic heterocycles. The van der Waals surface area contributed by atoms with Gasteiger partial charge >= 0.3 is 0 Å². The molecule has 3 heterocycles. The summed E-state index contributed by atoms with van der Waals surface area (Å²) < 4.78 is 10.9. The molecule has 3 aliphatic rings. The molecule has 200 valence electrons. The lowest BCUT2D eigenvalue weighted by molar-refractivity contribution is -0.126. The van der Waals surface area contributed by atoms with E-state index in [0.717, 1.165) is 0 Å². The lowest BCUT2D eigenvalue weighted by Gasteiger charge is -2.38. The number of carbonyl (C=O) groups is 4. The summed E-state index contributed by atoms with van der Waals surface area (Å²) in [6, 6.07) is 12.8. The average Bonchev–Trinajstić information content (AvgIpc) is 3.39. The third kappa shape index (κ3) is 4.89. The van der Waals surface area contributed by atoms with Gasteiger partial charge in [-0.05, 0) is 62.4 Å². The van der Waals surface area contributed by atoms with Crippen LogP contribution in [0, 0.1) is 0 Å². The van der Waals surface area contributed by atoms with E-state index >= 15 is 0 Å². The van der Waals surface area contributed by atoms with Crippen LogP contribution in [-0.2, 0) is 19.2 Å². The molecule has 3 fully saturated rings. The van der Waals surface area contributed by atoms with Crippen molar-refractivity contribution in [1.82, 2.24) is 9.80 Å². The molecule has 2 aromatic rings. The van der Waals surface area contributed by atoms with Gasteiger partial charge in [0.2, 0.25) is 11.8 Å². The van der Waals surface area contributed by atoms with Gasteiger partial charge in [-0.2, -0.15) is 0 Å². The number of amides is 4. The lowest BCUT2D eigenvalue weighted by Crippen LogP contribution is -2.56. The molecule has 0 spiro atoms. The molecule has 0 aliphatic carbocycles. The molecule has 0 bridgehead atoms. The number of benzene rings is 2. The molecular formula is C28H32N4O6. The van der Waals surface area contributed by atoms with Crippen LogP contribution in [0.5, 0.6) is 11.5 Å². The van der Waals surface area contributed by atoms with E-state index in [1.807, 2.05) is 23.6 Å². The summed E-state index contributed by atoms with van der Waals surface area (Å²) in [7, 11) is 0. The van der Waals surface area contributed by atoms with Crippen molar-refractivity contribution in [1.29, 1.82) is 0 Å². The monoisotopic (exact) mass is 520 g/mol. The minimum atomic E-state index is -0.530. The Morgan fingerprint density at radius 1 is 0.605 bits per heavy atom. The van der Waals surface area contributed by atoms with Gasteiger partial charge in [0.15, 0.2) is 0 Å². The highest BCUT2D eigenvalue weighted by atomic mass is 16.5. The van der Waals surface area contributed by atoms with E-state index < -0.39 is 12.1 Å². The van der Waals surface area contributed by atoms with Gasteiger partial charge in [0, 0.05) is 26.2 Å². The van der Waals surface area contributed by atoms with Gasteiger partial charge < -0.3 is 9.47 Å². The molecule has 3 saturated heterocycles. The van der Waals surface area contributed by atoms with E-state index in [0.29, 0.717) is 62.3 Å². The van der Waals surface area contributed by atoms with Gasteiger partial charge in [-0.1, -0.05) is 0 Å². The summed E-state index contributed by atoms with van der Waals surface area (Å²) >= 11 is 0. The zero-order valence-electron chi connectivity index (χ0n) is 21.7. The van der Waals surface area contributed by atoms with Gasteiger partial charge in [-0.3, -0.25) is 29.0 Å². The molecule has 5 rings (SSSR count). The Balaban J connectivity index is 1.20. The second-order valence-electron chi connectivity index (χ2n) is 9.50. The Hall–Kier alpha value is -3.76. The Bertz CT molecular complexity index is 1110. The quantitative estimate of drug-likeness (QED) is 0.488. The largest absolute Gasteiger partial charge is 0.494 e. The molecule has 2 aromatic carbocycles. The van der Waals surface area contributed by atoms with Crippen LogP contribution >= 0.6 is 0 Å². The van der Waals surface area contributed by atoms with Crippen LogP contribution in [0.15, 0.2) is 48.5 Å². The first-order chi connectivity index (χ1) is 18.4. The zero-order chi connectivity index (χ0) is 26.8. The van der Waals surface area contributed by atoms with Gasteiger partial charge in [0.05, 0.1) is 49.5 Å². The first-order valence-corrected chi connectivity index (χ1v) is 13.1. The minimum absolute atomic E-state index is 0.123. The van der Waals surface area contributed by atoms with Crippen LogP contribution in [0.4, 0.5) is 11.4 Å².